The van der Waals surface area contributed by atoms with Crippen LogP contribution in [-0.4, -0.2) is 4.98 Å². The molecule has 0 unspecified atom stereocenters. The van der Waals surface area contributed by atoms with Crippen molar-refractivity contribution in [3.8, 4) is 0 Å². The summed E-state index contributed by atoms with van der Waals surface area (Å²) < 4.78 is 54.6. The fraction of sp³-hybridized carbons (Fsp3) is 0.476. The lowest BCUT2D eigenvalue weighted by Crippen LogP contribution is -2.31. The van der Waals surface area contributed by atoms with E-state index in [4.69, 9.17) is 0 Å². The van der Waals surface area contributed by atoms with Crippen LogP contribution >= 0.6 is 0 Å². The van der Waals surface area contributed by atoms with Gasteiger partial charge in [0.25, 0.3) is 11.8 Å². The molecule has 0 N–H and O–H groups in total. The molecule has 0 spiro atoms. The summed E-state index contributed by atoms with van der Waals surface area (Å²) in [7, 11) is 0. The van der Waals surface area contributed by atoms with Gasteiger partial charge in [0.1, 0.15) is 0 Å². The number of halogens is 4. The summed E-state index contributed by atoms with van der Waals surface area (Å²) in [6, 6.07) is 10.9. The fourth-order valence-corrected chi connectivity index (χ4v) is 2.06. The second-order valence-electron chi connectivity index (χ2n) is 8.26. The van der Waals surface area contributed by atoms with E-state index in [1.165, 1.54) is 57.4 Å². The molecule has 0 amide bonds. The SMILES string of the molecule is CC(C)(C)C(F)(F)c1ccccc1.CC(C)(C)C(F)(F)c1cccnc1. The zero-order chi connectivity index (χ0) is 20.2. The first-order chi connectivity index (χ1) is 11.7. The molecule has 0 aliphatic carbocycles. The predicted octanol–water partition coefficient (Wildman–Crippen LogP) is 7.04. The van der Waals surface area contributed by atoms with Gasteiger partial charge in [-0.25, -0.2) is 17.6 Å². The minimum Gasteiger partial charge on any atom is -0.264 e. The third kappa shape index (κ3) is 5.05. The molecule has 0 aliphatic heterocycles. The Morgan fingerprint density at radius 2 is 1.04 bits per heavy atom. The molecular weight excluding hydrogens is 342 g/mol. The zero-order valence-corrected chi connectivity index (χ0v) is 16.2. The first-order valence-electron chi connectivity index (χ1n) is 8.43. The quantitative estimate of drug-likeness (QED) is 0.517. The summed E-state index contributed by atoms with van der Waals surface area (Å²) >= 11 is 0. The Hall–Kier alpha value is -1.91. The van der Waals surface area contributed by atoms with Crippen LogP contribution in [0.3, 0.4) is 0 Å². The normalized spacial score (nSPS) is 13.0. The molecular formula is C21H27F4N. The summed E-state index contributed by atoms with van der Waals surface area (Å²) in [5.41, 5.74) is -2.05. The van der Waals surface area contributed by atoms with Gasteiger partial charge in [-0.2, -0.15) is 0 Å². The molecule has 0 atom stereocenters. The molecule has 26 heavy (non-hydrogen) atoms. The van der Waals surface area contributed by atoms with E-state index >= 15 is 0 Å². The predicted molar refractivity (Wildman–Crippen MR) is 97.4 cm³/mol. The molecule has 1 nitrogen and oxygen atoms in total. The highest BCUT2D eigenvalue weighted by Gasteiger charge is 2.45. The van der Waals surface area contributed by atoms with Gasteiger partial charge in [0.2, 0.25) is 0 Å². The monoisotopic (exact) mass is 369 g/mol. The highest BCUT2D eigenvalue weighted by Crippen LogP contribution is 2.44. The molecule has 0 bridgehead atoms. The number of nitrogens with zero attached hydrogens (tertiary/aromatic N) is 1. The van der Waals surface area contributed by atoms with Crippen molar-refractivity contribution < 1.29 is 17.6 Å². The van der Waals surface area contributed by atoms with Gasteiger partial charge >= 0.3 is 0 Å². The van der Waals surface area contributed by atoms with Crippen molar-refractivity contribution in [2.24, 2.45) is 10.8 Å². The lowest BCUT2D eigenvalue weighted by Gasteiger charge is -2.30. The molecule has 2 rings (SSSR count). The van der Waals surface area contributed by atoms with Gasteiger partial charge in [0, 0.05) is 34.4 Å². The minimum absolute atomic E-state index is 0.0255. The fourth-order valence-electron chi connectivity index (χ4n) is 2.06. The summed E-state index contributed by atoms with van der Waals surface area (Å²) in [4.78, 5) is 3.68. The molecule has 1 aromatic carbocycles. The third-order valence-electron chi connectivity index (χ3n) is 4.04. The van der Waals surface area contributed by atoms with E-state index in [1.54, 1.807) is 39.0 Å². The van der Waals surface area contributed by atoms with Crippen molar-refractivity contribution >= 4 is 0 Å². The van der Waals surface area contributed by atoms with Crippen molar-refractivity contribution in [1.82, 2.24) is 4.98 Å². The van der Waals surface area contributed by atoms with Crippen LogP contribution in [0.1, 0.15) is 52.7 Å². The first-order valence-corrected chi connectivity index (χ1v) is 8.43. The Labute approximate surface area is 153 Å². The van der Waals surface area contributed by atoms with Crippen molar-refractivity contribution in [1.29, 1.82) is 0 Å². The van der Waals surface area contributed by atoms with Crippen LogP contribution in [0.4, 0.5) is 17.6 Å². The van der Waals surface area contributed by atoms with Crippen LogP contribution in [-0.2, 0) is 11.8 Å². The maximum atomic E-state index is 13.7. The topological polar surface area (TPSA) is 12.9 Å². The molecule has 2 aromatic rings. The van der Waals surface area contributed by atoms with E-state index in [0.29, 0.717) is 0 Å². The highest BCUT2D eigenvalue weighted by atomic mass is 19.3. The molecule has 0 saturated heterocycles. The van der Waals surface area contributed by atoms with Crippen LogP contribution in [0.5, 0.6) is 0 Å². The van der Waals surface area contributed by atoms with Gasteiger partial charge in [0.15, 0.2) is 0 Å². The minimum atomic E-state index is -2.83. The average Bonchev–Trinajstić information content (AvgIpc) is 2.55. The van der Waals surface area contributed by atoms with Crippen LogP contribution in [0, 0.1) is 10.8 Å². The van der Waals surface area contributed by atoms with E-state index in [9.17, 15) is 17.6 Å². The van der Waals surface area contributed by atoms with Gasteiger partial charge in [-0.1, -0.05) is 71.9 Å². The molecule has 1 heterocycles. The average molecular weight is 369 g/mol. The standard InChI is InChI=1S/C11H14F2.C10H13F2N/c1-10(2,3)11(12,13)9-7-5-4-6-8-9;1-9(2,3)10(11,12)8-5-4-6-13-7-8/h4-8H,1-3H3;4-7H,1-3H3. The molecule has 0 saturated carbocycles. The summed E-state index contributed by atoms with van der Waals surface area (Å²) in [6.07, 6.45) is 2.70. The van der Waals surface area contributed by atoms with E-state index in [0.717, 1.165) is 0 Å². The Morgan fingerprint density at radius 1 is 0.615 bits per heavy atom. The van der Waals surface area contributed by atoms with Crippen LogP contribution in [0.2, 0.25) is 0 Å². The first kappa shape index (κ1) is 22.1. The number of rotatable bonds is 2. The van der Waals surface area contributed by atoms with Gasteiger partial charge in [-0.05, 0) is 12.1 Å². The smallest absolute Gasteiger partial charge is 0.264 e. The maximum Gasteiger partial charge on any atom is 0.279 e. The Bertz CT molecular complexity index is 607. The largest absolute Gasteiger partial charge is 0.279 e. The van der Waals surface area contributed by atoms with E-state index in [1.807, 2.05) is 0 Å². The van der Waals surface area contributed by atoms with E-state index < -0.39 is 22.7 Å². The number of benzene rings is 1. The van der Waals surface area contributed by atoms with Gasteiger partial charge in [-0.15, -0.1) is 0 Å². The molecule has 0 aliphatic rings. The van der Waals surface area contributed by atoms with Crippen LogP contribution in [0.25, 0.3) is 0 Å². The number of aromatic nitrogens is 1. The maximum absolute atomic E-state index is 13.7. The second kappa shape index (κ2) is 7.77. The number of pyridine rings is 1. The van der Waals surface area contributed by atoms with Gasteiger partial charge in [0.05, 0.1) is 0 Å². The van der Waals surface area contributed by atoms with Crippen molar-refractivity contribution in [3.63, 3.8) is 0 Å². The summed E-state index contributed by atoms with van der Waals surface area (Å²) in [6.45, 7) is 9.17. The lowest BCUT2D eigenvalue weighted by molar-refractivity contribution is -0.104. The van der Waals surface area contributed by atoms with Crippen molar-refractivity contribution in [2.75, 3.05) is 0 Å². The summed E-state index contributed by atoms with van der Waals surface area (Å²) in [5.74, 6) is -5.60. The zero-order valence-electron chi connectivity index (χ0n) is 16.2. The third-order valence-corrected chi connectivity index (χ3v) is 4.04. The van der Waals surface area contributed by atoms with E-state index in [-0.39, 0.29) is 11.1 Å². The molecule has 0 radical (unpaired) electrons. The Balaban J connectivity index is 0.000000260. The van der Waals surface area contributed by atoms with Crippen molar-refractivity contribution in [2.45, 2.75) is 53.4 Å². The molecule has 144 valence electrons. The van der Waals surface area contributed by atoms with Crippen molar-refractivity contribution in [3.05, 3.63) is 66.0 Å². The number of alkyl halides is 4. The molecule has 0 fully saturated rings. The van der Waals surface area contributed by atoms with Gasteiger partial charge in [-0.3, -0.25) is 4.98 Å². The van der Waals surface area contributed by atoms with Gasteiger partial charge < -0.3 is 0 Å². The Kier molecular flexibility index (Phi) is 6.61. The number of hydrogen-bond donors (Lipinski definition) is 0. The lowest BCUT2D eigenvalue weighted by atomic mass is 9.84. The summed E-state index contributed by atoms with van der Waals surface area (Å²) in [5, 5.41) is 0. The highest BCUT2D eigenvalue weighted by molar-refractivity contribution is 5.21. The van der Waals surface area contributed by atoms with E-state index in [2.05, 4.69) is 4.98 Å². The second-order valence-corrected chi connectivity index (χ2v) is 8.26. The molecule has 1 aromatic heterocycles. The number of hydrogen-bond acceptors (Lipinski definition) is 1. The Morgan fingerprint density at radius 3 is 1.42 bits per heavy atom. The van der Waals surface area contributed by atoms with Crippen LogP contribution < -0.4 is 0 Å². The molecule has 5 heteroatoms. The van der Waals surface area contributed by atoms with Crippen LogP contribution in [0.15, 0.2) is 54.9 Å².